The molecule has 3 rings (SSSR count). The Hall–Kier alpha value is -3.17. The van der Waals surface area contributed by atoms with Crippen LogP contribution in [0.2, 0.25) is 0 Å². The van der Waals surface area contributed by atoms with Gasteiger partial charge < -0.3 is 14.8 Å². The van der Waals surface area contributed by atoms with Gasteiger partial charge >= 0.3 is 5.63 Å². The molecule has 0 aliphatic heterocycles. The van der Waals surface area contributed by atoms with Crippen LogP contribution in [0.4, 0.5) is 5.69 Å². The van der Waals surface area contributed by atoms with E-state index in [0.717, 1.165) is 0 Å². The zero-order valence-corrected chi connectivity index (χ0v) is 13.4. The van der Waals surface area contributed by atoms with Crippen molar-refractivity contribution in [1.29, 1.82) is 0 Å². The lowest BCUT2D eigenvalue weighted by atomic mass is 10.1. The lowest BCUT2D eigenvalue weighted by molar-refractivity contribution is 0.102. The minimum atomic E-state index is -3.92. The second-order valence-electron chi connectivity index (χ2n) is 5.20. The second kappa shape index (κ2) is 6.04. The van der Waals surface area contributed by atoms with E-state index in [2.05, 4.69) is 5.32 Å². The molecule has 4 N–H and O–H groups in total. The molecule has 0 spiro atoms. The Labute approximate surface area is 141 Å². The topological polar surface area (TPSA) is 140 Å². The molecular weight excluding hydrogens is 348 g/mol. The molecular formula is C16H12N2O6S. The van der Waals surface area contributed by atoms with Crippen molar-refractivity contribution >= 4 is 32.6 Å². The fraction of sp³-hybridized carbons (Fsp3) is 0. The maximum absolute atomic E-state index is 12.3. The van der Waals surface area contributed by atoms with E-state index < -0.39 is 21.6 Å². The summed E-state index contributed by atoms with van der Waals surface area (Å²) in [7, 11) is -3.92. The number of sulfonamides is 1. The van der Waals surface area contributed by atoms with Crippen LogP contribution in [0.5, 0.6) is 5.75 Å². The van der Waals surface area contributed by atoms with Crippen LogP contribution in [0.1, 0.15) is 10.4 Å². The van der Waals surface area contributed by atoms with E-state index in [1.54, 1.807) is 0 Å². The number of nitrogens with one attached hydrogen (secondary N) is 1. The Kier molecular flexibility index (Phi) is 4.03. The molecule has 0 saturated carbocycles. The molecule has 0 aliphatic carbocycles. The number of phenolic OH excluding ortho intramolecular Hbond substituents is 1. The molecule has 0 aliphatic rings. The minimum absolute atomic E-state index is 0.0762. The number of benzene rings is 2. The van der Waals surface area contributed by atoms with Gasteiger partial charge in [0, 0.05) is 17.1 Å². The van der Waals surface area contributed by atoms with Gasteiger partial charge in [0.2, 0.25) is 10.0 Å². The molecule has 0 radical (unpaired) electrons. The van der Waals surface area contributed by atoms with Crippen LogP contribution >= 0.6 is 0 Å². The van der Waals surface area contributed by atoms with Crippen molar-refractivity contribution in [2.75, 3.05) is 5.32 Å². The van der Waals surface area contributed by atoms with Crippen molar-refractivity contribution in [3.8, 4) is 5.75 Å². The third-order valence-electron chi connectivity index (χ3n) is 3.38. The molecule has 1 aromatic heterocycles. The molecule has 1 amide bonds. The maximum atomic E-state index is 12.3. The molecule has 2 aromatic carbocycles. The van der Waals surface area contributed by atoms with Crippen molar-refractivity contribution in [3.05, 3.63) is 64.5 Å². The first-order valence-corrected chi connectivity index (χ1v) is 8.50. The molecule has 1 heterocycles. The monoisotopic (exact) mass is 360 g/mol. The largest absolute Gasteiger partial charge is 0.508 e. The Balaban J connectivity index is 1.97. The standard InChI is InChI=1S/C16H12N2O6S/c17-25(22,23)12-3-1-2-10(7-12)18-15(20)13-6-9-4-5-11(19)8-14(9)24-16(13)21/h1-8,19H,(H,18,20)(H2,17,22,23). The summed E-state index contributed by atoms with van der Waals surface area (Å²) in [6.45, 7) is 0. The highest BCUT2D eigenvalue weighted by atomic mass is 32.2. The number of nitrogens with two attached hydrogens (primary N) is 1. The summed E-state index contributed by atoms with van der Waals surface area (Å²) in [5.74, 6) is -0.844. The van der Waals surface area contributed by atoms with Crippen molar-refractivity contribution in [3.63, 3.8) is 0 Å². The van der Waals surface area contributed by atoms with Gasteiger partial charge in [-0.15, -0.1) is 0 Å². The summed E-state index contributed by atoms with van der Waals surface area (Å²) in [5, 5.41) is 17.3. The highest BCUT2D eigenvalue weighted by molar-refractivity contribution is 7.89. The fourth-order valence-electron chi connectivity index (χ4n) is 2.21. The number of carbonyl (C=O) groups excluding carboxylic acids is 1. The lowest BCUT2D eigenvalue weighted by Gasteiger charge is -2.07. The second-order valence-corrected chi connectivity index (χ2v) is 6.76. The van der Waals surface area contributed by atoms with Gasteiger partial charge in [0.25, 0.3) is 5.91 Å². The molecule has 8 nitrogen and oxygen atoms in total. The zero-order valence-electron chi connectivity index (χ0n) is 12.6. The predicted molar refractivity (Wildman–Crippen MR) is 89.9 cm³/mol. The molecule has 25 heavy (non-hydrogen) atoms. The van der Waals surface area contributed by atoms with Crippen molar-refractivity contribution in [2.45, 2.75) is 4.90 Å². The smallest absolute Gasteiger partial charge is 0.349 e. The number of carbonyl (C=O) groups is 1. The summed E-state index contributed by atoms with van der Waals surface area (Å²) in [4.78, 5) is 24.1. The molecule has 3 aromatic rings. The number of aromatic hydroxyl groups is 1. The average molecular weight is 360 g/mol. The summed E-state index contributed by atoms with van der Waals surface area (Å²) < 4.78 is 27.7. The Bertz CT molecular complexity index is 1150. The van der Waals surface area contributed by atoms with Crippen molar-refractivity contribution in [1.82, 2.24) is 0 Å². The summed E-state index contributed by atoms with van der Waals surface area (Å²) in [6.07, 6.45) is 0. The number of phenols is 1. The van der Waals surface area contributed by atoms with Crippen LogP contribution in [-0.4, -0.2) is 19.4 Å². The van der Waals surface area contributed by atoms with Gasteiger partial charge in [0.1, 0.15) is 16.9 Å². The summed E-state index contributed by atoms with van der Waals surface area (Å²) in [6, 6.07) is 10.8. The quantitative estimate of drug-likeness (QED) is 0.603. The molecule has 0 fully saturated rings. The lowest BCUT2D eigenvalue weighted by Crippen LogP contribution is -2.21. The van der Waals surface area contributed by atoms with Crippen LogP contribution in [0, 0.1) is 0 Å². The highest BCUT2D eigenvalue weighted by Gasteiger charge is 2.15. The van der Waals surface area contributed by atoms with Gasteiger partial charge in [-0.05, 0) is 36.4 Å². The minimum Gasteiger partial charge on any atom is -0.508 e. The van der Waals surface area contributed by atoms with E-state index in [-0.39, 0.29) is 27.5 Å². The first-order valence-electron chi connectivity index (χ1n) is 6.95. The molecule has 0 atom stereocenters. The van der Waals surface area contributed by atoms with Gasteiger partial charge in [0.15, 0.2) is 0 Å². The molecule has 128 valence electrons. The van der Waals surface area contributed by atoms with Crippen molar-refractivity contribution < 1.29 is 22.7 Å². The number of anilines is 1. The number of rotatable bonds is 3. The Morgan fingerprint density at radius 3 is 2.60 bits per heavy atom. The van der Waals surface area contributed by atoms with E-state index in [0.29, 0.717) is 5.39 Å². The van der Waals surface area contributed by atoms with Crippen LogP contribution in [0.25, 0.3) is 11.0 Å². The van der Waals surface area contributed by atoms with E-state index in [9.17, 15) is 23.1 Å². The van der Waals surface area contributed by atoms with Crippen molar-refractivity contribution in [2.24, 2.45) is 5.14 Å². The average Bonchev–Trinajstić information content (AvgIpc) is 2.53. The van der Waals surface area contributed by atoms with E-state index in [1.807, 2.05) is 0 Å². The number of primary sulfonamides is 1. The van der Waals surface area contributed by atoms with Gasteiger partial charge in [-0.25, -0.2) is 18.4 Å². The SMILES string of the molecule is NS(=O)(=O)c1cccc(NC(=O)c2cc3ccc(O)cc3oc2=O)c1. The van der Waals surface area contributed by atoms with Gasteiger partial charge in [-0.2, -0.15) is 0 Å². The maximum Gasteiger partial charge on any atom is 0.349 e. The highest BCUT2D eigenvalue weighted by Crippen LogP contribution is 2.20. The molecule has 9 heteroatoms. The van der Waals surface area contributed by atoms with Gasteiger partial charge in [-0.1, -0.05) is 6.07 Å². The van der Waals surface area contributed by atoms with E-state index in [4.69, 9.17) is 9.56 Å². The number of hydrogen-bond donors (Lipinski definition) is 3. The third-order valence-corrected chi connectivity index (χ3v) is 4.30. The zero-order chi connectivity index (χ0) is 18.2. The van der Waals surface area contributed by atoms with Gasteiger partial charge in [-0.3, -0.25) is 4.79 Å². The summed E-state index contributed by atoms with van der Waals surface area (Å²) >= 11 is 0. The number of amides is 1. The van der Waals surface area contributed by atoms with Crippen LogP contribution in [0.3, 0.4) is 0 Å². The molecule has 0 bridgehead atoms. The predicted octanol–water partition coefficient (Wildman–Crippen LogP) is 1.40. The Morgan fingerprint density at radius 1 is 1.12 bits per heavy atom. The molecule has 0 unspecified atom stereocenters. The first kappa shape index (κ1) is 16.7. The fourth-order valence-corrected chi connectivity index (χ4v) is 2.77. The van der Waals surface area contributed by atoms with E-state index in [1.165, 1.54) is 48.5 Å². The molecule has 0 saturated heterocycles. The normalized spacial score (nSPS) is 11.4. The van der Waals surface area contributed by atoms with E-state index >= 15 is 0 Å². The number of fused-ring (bicyclic) bond motifs is 1. The first-order chi connectivity index (χ1) is 11.7. The van der Waals surface area contributed by atoms with Crippen LogP contribution < -0.4 is 16.1 Å². The summed E-state index contributed by atoms with van der Waals surface area (Å²) in [5.41, 5.74) is -0.864. The Morgan fingerprint density at radius 2 is 1.88 bits per heavy atom. The van der Waals surface area contributed by atoms with Crippen LogP contribution in [0.15, 0.2) is 62.6 Å². The third kappa shape index (κ3) is 3.52. The van der Waals surface area contributed by atoms with Gasteiger partial charge in [0.05, 0.1) is 4.90 Å². The number of hydrogen-bond acceptors (Lipinski definition) is 6. The van der Waals surface area contributed by atoms with Crippen LogP contribution in [-0.2, 0) is 10.0 Å².